The van der Waals surface area contributed by atoms with E-state index in [0.717, 1.165) is 6.07 Å². The zero-order valence-electron chi connectivity index (χ0n) is 11.3. The number of methoxy groups -OCH3 is 1. The monoisotopic (exact) mass is 340 g/mol. The normalized spacial score (nSPS) is 10.1. The van der Waals surface area contributed by atoms with Crippen molar-refractivity contribution in [3.05, 3.63) is 62.1 Å². The van der Waals surface area contributed by atoms with E-state index >= 15 is 0 Å². The van der Waals surface area contributed by atoms with E-state index in [2.05, 4.69) is 5.32 Å². The van der Waals surface area contributed by atoms with Gasteiger partial charge in [-0.15, -0.1) is 0 Å². The summed E-state index contributed by atoms with van der Waals surface area (Å²) in [4.78, 5) is 22.5. The lowest BCUT2D eigenvalue weighted by atomic mass is 10.1. The average Bonchev–Trinajstić information content (AvgIpc) is 2.47. The summed E-state index contributed by atoms with van der Waals surface area (Å²) in [5.74, 6) is -0.179. The first-order valence-corrected chi connectivity index (χ1v) is 6.77. The fourth-order valence-electron chi connectivity index (χ4n) is 1.79. The lowest BCUT2D eigenvalue weighted by Gasteiger charge is -2.08. The van der Waals surface area contributed by atoms with E-state index in [0.29, 0.717) is 16.5 Å². The summed E-state index contributed by atoms with van der Waals surface area (Å²) in [6.45, 7) is 0. The number of amides is 1. The van der Waals surface area contributed by atoms with Gasteiger partial charge >= 0.3 is 0 Å². The standard InChI is InChI=1S/C14H10Cl2N2O4/c1-22-13-5-3-9(7-11(13)16)17-14(19)10-4-2-8(15)6-12(10)18(20)21/h2-7H,1H3,(H,17,19). The molecule has 1 amide bonds. The van der Waals surface area contributed by atoms with Crippen LogP contribution in [0.4, 0.5) is 11.4 Å². The highest BCUT2D eigenvalue weighted by atomic mass is 35.5. The van der Waals surface area contributed by atoms with Gasteiger partial charge in [-0.2, -0.15) is 0 Å². The molecule has 2 aromatic carbocycles. The van der Waals surface area contributed by atoms with E-state index in [-0.39, 0.29) is 16.3 Å². The van der Waals surface area contributed by atoms with Crippen LogP contribution in [0.3, 0.4) is 0 Å². The number of nitrogens with one attached hydrogen (secondary N) is 1. The van der Waals surface area contributed by atoms with Crippen molar-refractivity contribution in [2.24, 2.45) is 0 Å². The van der Waals surface area contributed by atoms with Crippen molar-refractivity contribution in [2.75, 3.05) is 12.4 Å². The number of halogens is 2. The van der Waals surface area contributed by atoms with Crippen LogP contribution in [0.5, 0.6) is 5.75 Å². The van der Waals surface area contributed by atoms with E-state index < -0.39 is 10.8 Å². The Labute approximate surface area is 135 Å². The van der Waals surface area contributed by atoms with Crippen LogP contribution in [0, 0.1) is 10.1 Å². The first kappa shape index (κ1) is 16.1. The summed E-state index contributed by atoms with van der Waals surface area (Å²) in [6, 6.07) is 8.46. The lowest BCUT2D eigenvalue weighted by molar-refractivity contribution is -0.385. The van der Waals surface area contributed by atoms with Gasteiger partial charge in [0.15, 0.2) is 0 Å². The van der Waals surface area contributed by atoms with Gasteiger partial charge in [-0.3, -0.25) is 14.9 Å². The van der Waals surface area contributed by atoms with Gasteiger partial charge in [0.1, 0.15) is 11.3 Å². The first-order valence-electron chi connectivity index (χ1n) is 6.01. The predicted molar refractivity (Wildman–Crippen MR) is 84.1 cm³/mol. The Balaban J connectivity index is 2.30. The van der Waals surface area contributed by atoms with Crippen molar-refractivity contribution in [2.45, 2.75) is 0 Å². The Morgan fingerprint density at radius 3 is 2.55 bits per heavy atom. The Bertz CT molecular complexity index is 750. The summed E-state index contributed by atoms with van der Waals surface area (Å²) in [5.41, 5.74) is -0.0778. The first-order chi connectivity index (χ1) is 10.4. The second-order valence-electron chi connectivity index (χ2n) is 4.22. The minimum Gasteiger partial charge on any atom is -0.495 e. The third kappa shape index (κ3) is 3.47. The Morgan fingerprint density at radius 1 is 1.23 bits per heavy atom. The smallest absolute Gasteiger partial charge is 0.283 e. The molecule has 0 saturated carbocycles. The molecule has 22 heavy (non-hydrogen) atoms. The van der Waals surface area contributed by atoms with Gasteiger partial charge in [-0.05, 0) is 30.3 Å². The number of hydrogen-bond acceptors (Lipinski definition) is 4. The molecule has 8 heteroatoms. The minimum atomic E-state index is -0.665. The molecule has 0 radical (unpaired) electrons. The molecule has 0 aliphatic carbocycles. The molecule has 0 aromatic heterocycles. The number of anilines is 1. The molecule has 2 rings (SSSR count). The Kier molecular flexibility index (Phi) is 4.85. The third-order valence-corrected chi connectivity index (χ3v) is 3.34. The number of carbonyl (C=O) groups is 1. The number of nitrogens with zero attached hydrogens (tertiary/aromatic N) is 1. The zero-order chi connectivity index (χ0) is 16.3. The van der Waals surface area contributed by atoms with Crippen molar-refractivity contribution < 1.29 is 14.5 Å². The van der Waals surface area contributed by atoms with Crippen LogP contribution in [-0.4, -0.2) is 17.9 Å². The molecule has 114 valence electrons. The van der Waals surface area contributed by atoms with E-state index in [1.807, 2.05) is 0 Å². The molecule has 2 aromatic rings. The summed E-state index contributed by atoms with van der Waals surface area (Å²) in [7, 11) is 1.47. The van der Waals surface area contributed by atoms with Gasteiger partial charge in [-0.1, -0.05) is 23.2 Å². The van der Waals surface area contributed by atoms with Crippen molar-refractivity contribution in [3.63, 3.8) is 0 Å². The molecule has 0 spiro atoms. The van der Waals surface area contributed by atoms with E-state index in [4.69, 9.17) is 27.9 Å². The lowest BCUT2D eigenvalue weighted by Crippen LogP contribution is -2.14. The van der Waals surface area contributed by atoms with Gasteiger partial charge in [0.05, 0.1) is 17.1 Å². The molecule has 0 bridgehead atoms. The van der Waals surface area contributed by atoms with Crippen LogP contribution in [-0.2, 0) is 0 Å². The van der Waals surface area contributed by atoms with Gasteiger partial charge in [0.25, 0.3) is 11.6 Å². The molecule has 0 saturated heterocycles. The van der Waals surface area contributed by atoms with Gasteiger partial charge in [0, 0.05) is 16.8 Å². The number of ether oxygens (including phenoxy) is 1. The summed E-state index contributed by atoms with van der Waals surface area (Å²) in [6.07, 6.45) is 0. The molecule has 0 aliphatic heterocycles. The van der Waals surface area contributed by atoms with Gasteiger partial charge < -0.3 is 10.1 Å². The molecule has 0 atom stereocenters. The summed E-state index contributed by atoms with van der Waals surface area (Å²) < 4.78 is 5.00. The quantitative estimate of drug-likeness (QED) is 0.669. The molecular formula is C14H10Cl2N2O4. The van der Waals surface area contributed by atoms with Crippen LogP contribution < -0.4 is 10.1 Å². The molecule has 0 fully saturated rings. The molecule has 0 heterocycles. The summed E-state index contributed by atoms with van der Waals surface area (Å²) >= 11 is 11.7. The number of hydrogen-bond donors (Lipinski definition) is 1. The molecule has 0 aliphatic rings. The second-order valence-corrected chi connectivity index (χ2v) is 5.07. The number of nitro groups is 1. The maximum atomic E-state index is 12.2. The van der Waals surface area contributed by atoms with Crippen LogP contribution in [0.2, 0.25) is 10.0 Å². The Hall–Kier alpha value is -2.31. The van der Waals surface area contributed by atoms with Crippen LogP contribution >= 0.6 is 23.2 Å². The highest BCUT2D eigenvalue weighted by Crippen LogP contribution is 2.28. The third-order valence-electron chi connectivity index (χ3n) is 2.81. The number of carbonyl (C=O) groups excluding carboxylic acids is 1. The zero-order valence-corrected chi connectivity index (χ0v) is 12.8. The van der Waals surface area contributed by atoms with Crippen LogP contribution in [0.25, 0.3) is 0 Å². The molecule has 1 N–H and O–H groups in total. The second kappa shape index (κ2) is 6.64. The predicted octanol–water partition coefficient (Wildman–Crippen LogP) is 4.16. The van der Waals surface area contributed by atoms with E-state index in [1.165, 1.54) is 25.3 Å². The van der Waals surface area contributed by atoms with E-state index in [1.54, 1.807) is 12.1 Å². The Morgan fingerprint density at radius 2 is 1.95 bits per heavy atom. The van der Waals surface area contributed by atoms with Gasteiger partial charge in [0.2, 0.25) is 0 Å². The van der Waals surface area contributed by atoms with Crippen molar-refractivity contribution >= 4 is 40.5 Å². The highest BCUT2D eigenvalue weighted by molar-refractivity contribution is 6.32. The fourth-order valence-corrected chi connectivity index (χ4v) is 2.21. The van der Waals surface area contributed by atoms with Gasteiger partial charge in [-0.25, -0.2) is 0 Å². The molecule has 0 unspecified atom stereocenters. The fraction of sp³-hybridized carbons (Fsp3) is 0.0714. The van der Waals surface area contributed by atoms with Crippen molar-refractivity contribution in [3.8, 4) is 5.75 Å². The van der Waals surface area contributed by atoms with Crippen molar-refractivity contribution in [1.29, 1.82) is 0 Å². The number of nitro benzene ring substituents is 1. The summed E-state index contributed by atoms with van der Waals surface area (Å²) in [5, 5.41) is 14.0. The highest BCUT2D eigenvalue weighted by Gasteiger charge is 2.20. The van der Waals surface area contributed by atoms with Crippen LogP contribution in [0.15, 0.2) is 36.4 Å². The van der Waals surface area contributed by atoms with E-state index in [9.17, 15) is 14.9 Å². The minimum absolute atomic E-state index is 0.0960. The maximum Gasteiger partial charge on any atom is 0.283 e. The molecular weight excluding hydrogens is 331 g/mol. The van der Waals surface area contributed by atoms with Crippen molar-refractivity contribution in [1.82, 2.24) is 0 Å². The topological polar surface area (TPSA) is 81.5 Å². The average molecular weight is 341 g/mol. The number of benzene rings is 2. The SMILES string of the molecule is COc1ccc(NC(=O)c2ccc(Cl)cc2[N+](=O)[O-])cc1Cl. The molecule has 6 nitrogen and oxygen atoms in total. The van der Waals surface area contributed by atoms with Crippen LogP contribution in [0.1, 0.15) is 10.4 Å². The maximum absolute atomic E-state index is 12.2. The number of rotatable bonds is 4. The largest absolute Gasteiger partial charge is 0.495 e.